The molecule has 1 saturated carbocycles. The number of hydrogen-bond acceptors (Lipinski definition) is 2. The molecule has 1 aromatic carbocycles. The van der Waals surface area contributed by atoms with Crippen LogP contribution in [0.25, 0.3) is 0 Å². The van der Waals surface area contributed by atoms with Gasteiger partial charge in [0.15, 0.2) is 0 Å². The summed E-state index contributed by atoms with van der Waals surface area (Å²) < 4.78 is 0. The van der Waals surface area contributed by atoms with Gasteiger partial charge in [-0.15, -0.1) is 0 Å². The van der Waals surface area contributed by atoms with E-state index in [0.717, 1.165) is 6.42 Å². The van der Waals surface area contributed by atoms with Gasteiger partial charge in [-0.3, -0.25) is 4.79 Å². The van der Waals surface area contributed by atoms with Gasteiger partial charge in [0.1, 0.15) is 0 Å². The van der Waals surface area contributed by atoms with E-state index in [-0.39, 0.29) is 11.9 Å². The summed E-state index contributed by atoms with van der Waals surface area (Å²) in [5.41, 5.74) is 1.10. The van der Waals surface area contributed by atoms with E-state index in [9.17, 15) is 4.79 Å². The molecule has 1 amide bonds. The van der Waals surface area contributed by atoms with Gasteiger partial charge in [0.25, 0.3) is 5.91 Å². The van der Waals surface area contributed by atoms with E-state index in [1.165, 1.54) is 12.8 Å². The maximum atomic E-state index is 12.2. The normalized spacial score (nSPS) is 26.5. The Morgan fingerprint density at radius 1 is 1.37 bits per heavy atom. The molecule has 1 aromatic rings. The van der Waals surface area contributed by atoms with E-state index >= 15 is 0 Å². The Hall–Kier alpha value is -1.82. The first-order chi connectivity index (χ1) is 9.11. The van der Waals surface area contributed by atoms with Crippen LogP contribution in [0, 0.1) is 23.2 Å². The predicted octanol–water partition coefficient (Wildman–Crippen LogP) is 3.11. The van der Waals surface area contributed by atoms with Crippen molar-refractivity contribution in [1.29, 1.82) is 5.26 Å². The van der Waals surface area contributed by atoms with Gasteiger partial charge in [-0.25, -0.2) is 0 Å². The summed E-state index contributed by atoms with van der Waals surface area (Å²) in [4.78, 5) is 12.2. The Morgan fingerprint density at radius 3 is 2.89 bits per heavy atom. The van der Waals surface area contributed by atoms with Crippen LogP contribution in [0.2, 0.25) is 0 Å². The summed E-state index contributed by atoms with van der Waals surface area (Å²) >= 11 is 0. The average Bonchev–Trinajstić information content (AvgIpc) is 2.44. The van der Waals surface area contributed by atoms with Crippen LogP contribution in [0.4, 0.5) is 0 Å². The van der Waals surface area contributed by atoms with Gasteiger partial charge in [0, 0.05) is 11.6 Å². The molecule has 0 radical (unpaired) electrons. The Kier molecular flexibility index (Phi) is 4.21. The van der Waals surface area contributed by atoms with Crippen molar-refractivity contribution < 1.29 is 4.79 Å². The molecule has 1 aliphatic carbocycles. The van der Waals surface area contributed by atoms with E-state index in [1.807, 2.05) is 0 Å². The number of benzene rings is 1. The number of hydrogen-bond donors (Lipinski definition) is 1. The number of nitrogens with zero attached hydrogens (tertiary/aromatic N) is 1. The average molecular weight is 256 g/mol. The minimum absolute atomic E-state index is 0.0666. The highest BCUT2D eigenvalue weighted by atomic mass is 16.1. The molecule has 0 spiro atoms. The molecule has 100 valence electrons. The molecule has 3 nitrogen and oxygen atoms in total. The lowest BCUT2D eigenvalue weighted by atomic mass is 9.78. The van der Waals surface area contributed by atoms with E-state index in [1.54, 1.807) is 24.3 Å². The number of carbonyl (C=O) groups is 1. The lowest BCUT2D eigenvalue weighted by Gasteiger charge is -2.34. The minimum Gasteiger partial charge on any atom is -0.349 e. The third kappa shape index (κ3) is 3.14. The number of nitriles is 1. The lowest BCUT2D eigenvalue weighted by molar-refractivity contribution is 0.0891. The summed E-state index contributed by atoms with van der Waals surface area (Å²) in [5, 5.41) is 12.0. The highest BCUT2D eigenvalue weighted by Gasteiger charge is 2.28. The third-order valence-electron chi connectivity index (χ3n) is 4.28. The molecule has 2 rings (SSSR count). The van der Waals surface area contributed by atoms with E-state index in [4.69, 9.17) is 5.26 Å². The molecule has 0 aliphatic heterocycles. The van der Waals surface area contributed by atoms with Crippen molar-refractivity contribution in [3.05, 3.63) is 35.4 Å². The first kappa shape index (κ1) is 13.6. The zero-order chi connectivity index (χ0) is 13.8. The fourth-order valence-electron chi connectivity index (χ4n) is 2.77. The highest BCUT2D eigenvalue weighted by Crippen LogP contribution is 2.29. The van der Waals surface area contributed by atoms with Crippen LogP contribution in [0.1, 0.15) is 49.0 Å². The summed E-state index contributed by atoms with van der Waals surface area (Å²) in [6.45, 7) is 4.46. The standard InChI is InChI=1S/C16H20N2O/c1-11-5-3-8-15(12(11)2)18-16(19)14-7-4-6-13(9-14)10-17/h4,6-7,9,11-12,15H,3,5,8H2,1-2H3,(H,18,19)/t11-,12+,15+/m0/s1. The number of nitrogens with one attached hydrogen (secondary N) is 1. The van der Waals surface area contributed by atoms with Crippen molar-refractivity contribution >= 4 is 5.91 Å². The molecule has 0 bridgehead atoms. The zero-order valence-corrected chi connectivity index (χ0v) is 11.5. The van der Waals surface area contributed by atoms with Gasteiger partial charge >= 0.3 is 0 Å². The molecule has 1 N–H and O–H groups in total. The molecule has 19 heavy (non-hydrogen) atoms. The van der Waals surface area contributed by atoms with Gasteiger partial charge < -0.3 is 5.32 Å². The molecule has 3 atom stereocenters. The van der Waals surface area contributed by atoms with Gasteiger partial charge in [-0.05, 0) is 36.5 Å². The van der Waals surface area contributed by atoms with E-state index < -0.39 is 0 Å². The van der Waals surface area contributed by atoms with Gasteiger partial charge in [0.05, 0.1) is 11.6 Å². The minimum atomic E-state index is -0.0666. The monoisotopic (exact) mass is 256 g/mol. The molecule has 0 saturated heterocycles. The van der Waals surface area contributed by atoms with Crippen LogP contribution in [-0.2, 0) is 0 Å². The largest absolute Gasteiger partial charge is 0.349 e. The molecular formula is C16H20N2O. The second-order valence-electron chi connectivity index (χ2n) is 5.54. The maximum absolute atomic E-state index is 12.2. The smallest absolute Gasteiger partial charge is 0.251 e. The predicted molar refractivity (Wildman–Crippen MR) is 74.6 cm³/mol. The van der Waals surface area contributed by atoms with Gasteiger partial charge in [-0.1, -0.05) is 32.8 Å². The Labute approximate surface area is 114 Å². The molecule has 0 unspecified atom stereocenters. The topological polar surface area (TPSA) is 52.9 Å². The van der Waals surface area contributed by atoms with Gasteiger partial charge in [-0.2, -0.15) is 5.26 Å². The molecule has 0 heterocycles. The Balaban J connectivity index is 2.06. The van der Waals surface area contributed by atoms with Crippen molar-refractivity contribution in [2.45, 2.75) is 39.2 Å². The van der Waals surface area contributed by atoms with Crippen LogP contribution in [0.15, 0.2) is 24.3 Å². The molecule has 3 heteroatoms. The van der Waals surface area contributed by atoms with Crippen LogP contribution >= 0.6 is 0 Å². The molecular weight excluding hydrogens is 236 g/mol. The fourth-order valence-corrected chi connectivity index (χ4v) is 2.77. The fraction of sp³-hybridized carbons (Fsp3) is 0.500. The molecule has 0 aromatic heterocycles. The van der Waals surface area contributed by atoms with Crippen molar-refractivity contribution in [1.82, 2.24) is 5.32 Å². The summed E-state index contributed by atoms with van der Waals surface area (Å²) in [5.74, 6) is 1.10. The number of carbonyl (C=O) groups excluding carboxylic acids is 1. The van der Waals surface area contributed by atoms with Crippen LogP contribution in [0.3, 0.4) is 0 Å². The summed E-state index contributed by atoms with van der Waals surface area (Å²) in [6, 6.07) is 9.18. The Morgan fingerprint density at radius 2 is 2.16 bits per heavy atom. The van der Waals surface area contributed by atoms with E-state index in [2.05, 4.69) is 25.2 Å². The molecule has 1 aliphatic rings. The highest BCUT2D eigenvalue weighted by molar-refractivity contribution is 5.94. The van der Waals surface area contributed by atoms with Crippen LogP contribution in [0.5, 0.6) is 0 Å². The summed E-state index contributed by atoms with van der Waals surface area (Å²) in [6.07, 6.45) is 3.47. The second-order valence-corrected chi connectivity index (χ2v) is 5.54. The quantitative estimate of drug-likeness (QED) is 0.884. The van der Waals surface area contributed by atoms with Crippen molar-refractivity contribution in [3.8, 4) is 6.07 Å². The van der Waals surface area contributed by atoms with Crippen LogP contribution < -0.4 is 5.32 Å². The van der Waals surface area contributed by atoms with Gasteiger partial charge in [0.2, 0.25) is 0 Å². The SMILES string of the molecule is C[C@@H]1[C@@H](C)CCC[C@H]1NC(=O)c1cccc(C#N)c1. The number of amides is 1. The summed E-state index contributed by atoms with van der Waals surface area (Å²) in [7, 11) is 0. The van der Waals surface area contributed by atoms with Crippen molar-refractivity contribution in [3.63, 3.8) is 0 Å². The van der Waals surface area contributed by atoms with Crippen molar-refractivity contribution in [2.75, 3.05) is 0 Å². The molecule has 1 fully saturated rings. The van der Waals surface area contributed by atoms with Crippen molar-refractivity contribution in [2.24, 2.45) is 11.8 Å². The Bertz CT molecular complexity index is 504. The van der Waals surface area contributed by atoms with E-state index in [0.29, 0.717) is 23.0 Å². The first-order valence-electron chi connectivity index (χ1n) is 6.93. The second kappa shape index (κ2) is 5.88. The first-order valence-corrected chi connectivity index (χ1v) is 6.93. The maximum Gasteiger partial charge on any atom is 0.251 e. The third-order valence-corrected chi connectivity index (χ3v) is 4.28. The van der Waals surface area contributed by atoms with Crippen LogP contribution in [-0.4, -0.2) is 11.9 Å². The zero-order valence-electron chi connectivity index (χ0n) is 11.5. The lowest BCUT2D eigenvalue weighted by Crippen LogP contribution is -2.43. The number of rotatable bonds is 2.